The number of carbonyl (C=O) groups excluding carboxylic acids is 1. The minimum absolute atomic E-state index is 0.0601. The van der Waals surface area contributed by atoms with Crippen LogP contribution in [0.1, 0.15) is 93.1 Å². The van der Waals surface area contributed by atoms with Crippen molar-refractivity contribution in [2.45, 2.75) is 77.8 Å². The van der Waals surface area contributed by atoms with Gasteiger partial charge in [0.25, 0.3) is 0 Å². The summed E-state index contributed by atoms with van der Waals surface area (Å²) in [5.41, 5.74) is -1.10. The quantitative estimate of drug-likeness (QED) is 0.565. The summed E-state index contributed by atoms with van der Waals surface area (Å²) in [5.74, 6) is -0.426. The summed E-state index contributed by atoms with van der Waals surface area (Å²) in [5, 5.41) is 10.2. The number of ketones is 1. The molecule has 26 heavy (non-hydrogen) atoms. The number of hydrogen-bond acceptors (Lipinski definition) is 2. The van der Waals surface area contributed by atoms with Crippen molar-refractivity contribution >= 4 is 5.78 Å². The third-order valence-corrected chi connectivity index (χ3v) is 5.88. The van der Waals surface area contributed by atoms with E-state index in [1.807, 2.05) is 0 Å². The van der Waals surface area contributed by atoms with E-state index < -0.39 is 23.3 Å². The van der Waals surface area contributed by atoms with E-state index in [0.29, 0.717) is 24.7 Å². The molecule has 1 saturated carbocycles. The second kappa shape index (κ2) is 8.45. The average Bonchev–Trinajstić information content (AvgIpc) is 2.60. The third kappa shape index (κ3) is 4.41. The molecule has 1 atom stereocenters. The van der Waals surface area contributed by atoms with Crippen molar-refractivity contribution in [1.29, 1.82) is 0 Å². The van der Waals surface area contributed by atoms with Gasteiger partial charge in [-0.25, -0.2) is 0 Å². The predicted molar refractivity (Wildman–Crippen MR) is 96.5 cm³/mol. The van der Waals surface area contributed by atoms with Crippen molar-refractivity contribution in [1.82, 2.24) is 0 Å². The number of carbonyl (C=O) groups is 1. The molecule has 0 aliphatic heterocycles. The lowest BCUT2D eigenvalue weighted by atomic mass is 9.72. The Balaban J connectivity index is 2.30. The van der Waals surface area contributed by atoms with E-state index in [-0.39, 0.29) is 23.5 Å². The van der Waals surface area contributed by atoms with Crippen LogP contribution < -0.4 is 0 Å². The zero-order valence-electron chi connectivity index (χ0n) is 15.8. The van der Waals surface area contributed by atoms with Gasteiger partial charge in [-0.05, 0) is 55.1 Å². The number of halogens is 3. The standard InChI is InChI=1S/C21H29F3O2/c1-4-6-13(3)14-7-9-15(10-8-14)16-11-12-17(18(25)5-2)20(26)19(16)21(22,23)24/h11-15,26H,4-10H2,1-3H3. The van der Waals surface area contributed by atoms with Crippen LogP contribution in [0.4, 0.5) is 13.2 Å². The third-order valence-electron chi connectivity index (χ3n) is 5.88. The summed E-state index contributed by atoms with van der Waals surface area (Å²) in [6, 6.07) is 2.77. The summed E-state index contributed by atoms with van der Waals surface area (Å²) in [7, 11) is 0. The summed E-state index contributed by atoms with van der Waals surface area (Å²) in [4.78, 5) is 11.9. The van der Waals surface area contributed by atoms with E-state index in [4.69, 9.17) is 0 Å². The van der Waals surface area contributed by atoms with Crippen LogP contribution >= 0.6 is 0 Å². The molecule has 146 valence electrons. The Bertz CT molecular complexity index is 629. The lowest BCUT2D eigenvalue weighted by Gasteiger charge is -2.33. The lowest BCUT2D eigenvalue weighted by Crippen LogP contribution is -2.21. The molecule has 5 heteroatoms. The Morgan fingerprint density at radius 1 is 1.19 bits per heavy atom. The number of phenolic OH excluding ortho intramolecular Hbond substituents is 1. The van der Waals surface area contributed by atoms with Crippen LogP contribution in [-0.2, 0) is 6.18 Å². The van der Waals surface area contributed by atoms with Gasteiger partial charge in [-0.2, -0.15) is 13.2 Å². The van der Waals surface area contributed by atoms with E-state index in [2.05, 4.69) is 13.8 Å². The number of rotatable bonds is 6. The van der Waals surface area contributed by atoms with Crippen LogP contribution in [0.15, 0.2) is 12.1 Å². The zero-order chi connectivity index (χ0) is 19.5. The van der Waals surface area contributed by atoms with Crippen molar-refractivity contribution in [2.75, 3.05) is 0 Å². The van der Waals surface area contributed by atoms with Gasteiger partial charge in [0.05, 0.1) is 5.56 Å². The van der Waals surface area contributed by atoms with E-state index in [1.165, 1.54) is 12.1 Å². The summed E-state index contributed by atoms with van der Waals surface area (Å²) in [6.07, 6.45) is 0.891. The number of hydrogen-bond donors (Lipinski definition) is 1. The average molecular weight is 370 g/mol. The maximum atomic E-state index is 13.6. The van der Waals surface area contributed by atoms with Gasteiger partial charge < -0.3 is 5.11 Å². The summed E-state index contributed by atoms with van der Waals surface area (Å²) < 4.78 is 40.9. The maximum absolute atomic E-state index is 13.6. The molecule has 1 aliphatic rings. The monoisotopic (exact) mass is 370 g/mol. The Labute approximate surface area is 153 Å². The van der Waals surface area contributed by atoms with Gasteiger partial charge in [-0.3, -0.25) is 4.79 Å². The van der Waals surface area contributed by atoms with Gasteiger partial charge in [-0.15, -0.1) is 0 Å². The van der Waals surface area contributed by atoms with E-state index in [9.17, 15) is 23.1 Å². The van der Waals surface area contributed by atoms with Crippen molar-refractivity contribution in [3.05, 3.63) is 28.8 Å². The SMILES string of the molecule is CCCC(C)C1CCC(c2ccc(C(=O)CC)c(O)c2C(F)(F)F)CC1. The van der Waals surface area contributed by atoms with Crippen molar-refractivity contribution in [3.63, 3.8) is 0 Å². The van der Waals surface area contributed by atoms with Crippen molar-refractivity contribution < 1.29 is 23.1 Å². The molecule has 1 N–H and O–H groups in total. The van der Waals surface area contributed by atoms with E-state index in [0.717, 1.165) is 25.7 Å². The van der Waals surface area contributed by atoms with Gasteiger partial charge in [0.15, 0.2) is 5.78 Å². The first-order chi connectivity index (χ1) is 12.2. The molecule has 1 aromatic rings. The molecule has 0 bridgehead atoms. The second-order valence-electron chi connectivity index (χ2n) is 7.58. The lowest BCUT2D eigenvalue weighted by molar-refractivity contribution is -0.139. The van der Waals surface area contributed by atoms with Gasteiger partial charge in [0.2, 0.25) is 0 Å². The normalized spacial score (nSPS) is 22.2. The number of phenols is 1. The largest absolute Gasteiger partial charge is 0.507 e. The molecule has 1 aromatic carbocycles. The second-order valence-corrected chi connectivity index (χ2v) is 7.58. The first-order valence-electron chi connectivity index (χ1n) is 9.66. The molecule has 0 saturated heterocycles. The molecular weight excluding hydrogens is 341 g/mol. The maximum Gasteiger partial charge on any atom is 0.420 e. The Hall–Kier alpha value is -1.52. The first-order valence-corrected chi connectivity index (χ1v) is 9.66. The molecule has 0 aromatic heterocycles. The van der Waals surface area contributed by atoms with Crippen LogP contribution in [0.2, 0.25) is 0 Å². The minimum Gasteiger partial charge on any atom is -0.507 e. The van der Waals surface area contributed by atoms with Gasteiger partial charge >= 0.3 is 6.18 Å². The zero-order valence-corrected chi connectivity index (χ0v) is 15.8. The van der Waals surface area contributed by atoms with Crippen molar-refractivity contribution in [2.24, 2.45) is 11.8 Å². The Kier molecular flexibility index (Phi) is 6.75. The van der Waals surface area contributed by atoms with Gasteiger partial charge in [0, 0.05) is 6.42 Å². The molecule has 0 heterocycles. The summed E-state index contributed by atoms with van der Waals surface area (Å²) >= 11 is 0. The highest BCUT2D eigenvalue weighted by Crippen LogP contribution is 2.47. The fourth-order valence-corrected chi connectivity index (χ4v) is 4.35. The molecule has 1 aliphatic carbocycles. The molecule has 2 rings (SSSR count). The molecule has 0 radical (unpaired) electrons. The van der Waals surface area contributed by atoms with Gasteiger partial charge in [0.1, 0.15) is 11.3 Å². The highest BCUT2D eigenvalue weighted by atomic mass is 19.4. The van der Waals surface area contributed by atoms with Crippen LogP contribution in [0, 0.1) is 11.8 Å². The summed E-state index contributed by atoms with van der Waals surface area (Å²) in [6.45, 7) is 5.95. The molecule has 0 spiro atoms. The van der Waals surface area contributed by atoms with Crippen LogP contribution in [-0.4, -0.2) is 10.9 Å². The van der Waals surface area contributed by atoms with Crippen molar-refractivity contribution in [3.8, 4) is 5.75 Å². The smallest absolute Gasteiger partial charge is 0.420 e. The first kappa shape index (κ1) is 20.8. The molecule has 1 fully saturated rings. The molecule has 0 amide bonds. The number of benzene rings is 1. The van der Waals surface area contributed by atoms with E-state index in [1.54, 1.807) is 6.92 Å². The molecule has 1 unspecified atom stereocenters. The minimum atomic E-state index is -4.67. The highest BCUT2D eigenvalue weighted by Gasteiger charge is 2.40. The topological polar surface area (TPSA) is 37.3 Å². The van der Waals surface area contributed by atoms with Crippen LogP contribution in [0.25, 0.3) is 0 Å². The fraction of sp³-hybridized carbons (Fsp3) is 0.667. The Morgan fingerprint density at radius 2 is 1.81 bits per heavy atom. The van der Waals surface area contributed by atoms with Crippen LogP contribution in [0.5, 0.6) is 5.75 Å². The van der Waals surface area contributed by atoms with Gasteiger partial charge in [-0.1, -0.05) is 39.7 Å². The highest BCUT2D eigenvalue weighted by molar-refractivity contribution is 5.99. The fourth-order valence-electron chi connectivity index (χ4n) is 4.35. The van der Waals surface area contributed by atoms with Crippen LogP contribution in [0.3, 0.4) is 0 Å². The number of aromatic hydroxyl groups is 1. The number of alkyl halides is 3. The molecular formula is C21H29F3O2. The predicted octanol–water partition coefficient (Wildman–Crippen LogP) is 6.71. The Morgan fingerprint density at radius 3 is 2.31 bits per heavy atom. The number of Topliss-reactive ketones (excluding diaryl/α,β-unsaturated/α-hetero) is 1. The molecule has 2 nitrogen and oxygen atoms in total. The van der Waals surface area contributed by atoms with E-state index >= 15 is 0 Å².